The summed E-state index contributed by atoms with van der Waals surface area (Å²) in [5.74, 6) is -1.34. The smallest absolute Gasteiger partial charge is 0.416 e. The third-order valence-corrected chi connectivity index (χ3v) is 4.71. The predicted molar refractivity (Wildman–Crippen MR) is 92.7 cm³/mol. The molecular formula is C17H11F3N2O5S. The Hall–Kier alpha value is -3.18. The lowest BCUT2D eigenvalue weighted by molar-refractivity contribution is -0.137. The van der Waals surface area contributed by atoms with E-state index in [1.54, 1.807) is 0 Å². The second kappa shape index (κ2) is 6.77. The zero-order valence-corrected chi connectivity index (χ0v) is 14.5. The van der Waals surface area contributed by atoms with Crippen molar-refractivity contribution in [2.45, 2.75) is 11.1 Å². The number of benzene rings is 3. The van der Waals surface area contributed by atoms with Crippen molar-refractivity contribution < 1.29 is 36.4 Å². The summed E-state index contributed by atoms with van der Waals surface area (Å²) in [6, 6.07) is 8.67. The van der Waals surface area contributed by atoms with Crippen molar-refractivity contribution in [3.8, 4) is 11.5 Å². The van der Waals surface area contributed by atoms with Crippen LogP contribution in [0.3, 0.4) is 0 Å². The van der Waals surface area contributed by atoms with Crippen molar-refractivity contribution >= 4 is 32.3 Å². The van der Waals surface area contributed by atoms with Crippen LogP contribution < -0.4 is 0 Å². The van der Waals surface area contributed by atoms with Crippen LogP contribution in [0.1, 0.15) is 5.56 Å². The van der Waals surface area contributed by atoms with E-state index in [2.05, 4.69) is 10.2 Å². The lowest BCUT2D eigenvalue weighted by Gasteiger charge is -2.08. The van der Waals surface area contributed by atoms with Crippen molar-refractivity contribution in [1.82, 2.24) is 0 Å². The molecule has 0 aromatic heterocycles. The van der Waals surface area contributed by atoms with Crippen molar-refractivity contribution in [2.24, 2.45) is 10.2 Å². The average Bonchev–Trinajstić information content (AvgIpc) is 2.58. The van der Waals surface area contributed by atoms with Gasteiger partial charge in [-0.25, -0.2) is 0 Å². The van der Waals surface area contributed by atoms with Gasteiger partial charge in [-0.2, -0.15) is 26.7 Å². The van der Waals surface area contributed by atoms with E-state index in [0.29, 0.717) is 11.5 Å². The molecule has 0 spiro atoms. The van der Waals surface area contributed by atoms with Crippen molar-refractivity contribution in [3.05, 3.63) is 54.1 Å². The van der Waals surface area contributed by atoms with Gasteiger partial charge in [0.05, 0.1) is 11.3 Å². The number of hydrogen-bond acceptors (Lipinski definition) is 6. The normalized spacial score (nSPS) is 12.7. The van der Waals surface area contributed by atoms with E-state index >= 15 is 0 Å². The molecule has 11 heteroatoms. The van der Waals surface area contributed by atoms with Gasteiger partial charge >= 0.3 is 6.18 Å². The Bertz CT molecular complexity index is 1210. The summed E-state index contributed by atoms with van der Waals surface area (Å²) in [7, 11) is -4.68. The van der Waals surface area contributed by atoms with E-state index in [-0.39, 0.29) is 16.8 Å². The lowest BCUT2D eigenvalue weighted by Crippen LogP contribution is -2.03. The van der Waals surface area contributed by atoms with Crippen LogP contribution >= 0.6 is 0 Å². The van der Waals surface area contributed by atoms with Gasteiger partial charge < -0.3 is 10.2 Å². The van der Waals surface area contributed by atoms with Crippen LogP contribution in [0, 0.1) is 0 Å². The third kappa shape index (κ3) is 3.89. The van der Waals surface area contributed by atoms with Gasteiger partial charge in [0.2, 0.25) is 0 Å². The Kier molecular flexibility index (Phi) is 4.73. The molecule has 0 radical (unpaired) electrons. The van der Waals surface area contributed by atoms with Crippen LogP contribution in [-0.2, 0) is 16.3 Å². The Morgan fingerprint density at radius 1 is 0.857 bits per heavy atom. The highest BCUT2D eigenvalue weighted by atomic mass is 32.2. The molecule has 0 saturated carbocycles. The number of alkyl halides is 3. The zero-order valence-electron chi connectivity index (χ0n) is 13.7. The first-order valence-electron chi connectivity index (χ1n) is 7.52. The number of aromatic hydroxyl groups is 2. The van der Waals surface area contributed by atoms with Crippen molar-refractivity contribution in [2.75, 3.05) is 0 Å². The van der Waals surface area contributed by atoms with Crippen LogP contribution in [0.25, 0.3) is 10.8 Å². The predicted octanol–water partition coefficient (Wildman–Crippen LogP) is 4.93. The van der Waals surface area contributed by atoms with Crippen molar-refractivity contribution in [3.63, 3.8) is 0 Å². The second-order valence-electron chi connectivity index (χ2n) is 5.70. The quantitative estimate of drug-likeness (QED) is 0.416. The van der Waals surface area contributed by atoms with E-state index in [4.69, 9.17) is 0 Å². The topological polar surface area (TPSA) is 120 Å². The molecule has 0 aliphatic carbocycles. The number of phenols is 2. The third-order valence-electron chi connectivity index (χ3n) is 3.77. The van der Waals surface area contributed by atoms with Gasteiger partial charge in [-0.3, -0.25) is 4.55 Å². The fraction of sp³-hybridized carbons (Fsp3) is 0.0588. The monoisotopic (exact) mass is 412 g/mol. The molecule has 3 aromatic carbocycles. The summed E-state index contributed by atoms with van der Waals surface area (Å²) in [5, 5.41) is 27.2. The van der Waals surface area contributed by atoms with Gasteiger partial charge in [0.25, 0.3) is 10.1 Å². The molecule has 0 fully saturated rings. The summed E-state index contributed by atoms with van der Waals surface area (Å²) >= 11 is 0. The van der Waals surface area contributed by atoms with Gasteiger partial charge in [0.15, 0.2) is 0 Å². The maximum atomic E-state index is 12.6. The standard InChI is InChI=1S/C17H11F3N2O5S/c18-17(19,20)10-2-5-13(15(24)8-10)22-21-11-3-4-12-9(7-11)1-6-14(23)16(12)28(25,26)27/h1-8,23-24H,(H,25,26,27). The molecule has 28 heavy (non-hydrogen) atoms. The molecule has 0 unspecified atom stereocenters. The molecule has 7 nitrogen and oxygen atoms in total. The molecule has 0 aliphatic rings. The van der Waals surface area contributed by atoms with Crippen LogP contribution in [0.4, 0.5) is 24.5 Å². The Morgan fingerprint density at radius 3 is 2.18 bits per heavy atom. The summed E-state index contributed by atoms with van der Waals surface area (Å²) < 4.78 is 70.0. The molecule has 146 valence electrons. The minimum atomic E-state index is -4.68. The van der Waals surface area contributed by atoms with Crippen molar-refractivity contribution in [1.29, 1.82) is 0 Å². The number of rotatable bonds is 3. The molecule has 0 atom stereocenters. The number of azo groups is 1. The minimum Gasteiger partial charge on any atom is -0.506 e. The molecule has 3 N–H and O–H groups in total. The molecular weight excluding hydrogens is 401 g/mol. The van der Waals surface area contributed by atoms with E-state index in [1.807, 2.05) is 0 Å². The van der Waals surface area contributed by atoms with E-state index in [1.165, 1.54) is 24.3 Å². The summed E-state index contributed by atoms with van der Waals surface area (Å²) in [4.78, 5) is -0.658. The molecule has 3 aromatic rings. The molecule has 0 heterocycles. The fourth-order valence-electron chi connectivity index (χ4n) is 2.51. The number of phenolic OH excluding ortho intramolecular Hbond substituents is 2. The number of nitrogens with zero attached hydrogens (tertiary/aromatic N) is 2. The van der Waals surface area contributed by atoms with Gasteiger partial charge in [-0.1, -0.05) is 12.1 Å². The minimum absolute atomic E-state index is 0.0406. The maximum Gasteiger partial charge on any atom is 0.416 e. The van der Waals surface area contributed by atoms with Crippen LogP contribution in [-0.4, -0.2) is 23.2 Å². The van der Waals surface area contributed by atoms with Gasteiger partial charge in [0.1, 0.15) is 22.1 Å². The number of fused-ring (bicyclic) bond motifs is 1. The Morgan fingerprint density at radius 2 is 1.57 bits per heavy atom. The number of halogens is 3. The largest absolute Gasteiger partial charge is 0.506 e. The second-order valence-corrected chi connectivity index (χ2v) is 7.05. The van der Waals surface area contributed by atoms with Crippen LogP contribution in [0.2, 0.25) is 0 Å². The molecule has 0 bridgehead atoms. The van der Waals surface area contributed by atoms with Gasteiger partial charge in [0, 0.05) is 5.39 Å². The summed E-state index contributed by atoms with van der Waals surface area (Å²) in [6.45, 7) is 0. The zero-order chi connectivity index (χ0) is 20.7. The first-order valence-corrected chi connectivity index (χ1v) is 8.96. The van der Waals surface area contributed by atoms with Crippen LogP contribution in [0.5, 0.6) is 11.5 Å². The highest BCUT2D eigenvalue weighted by molar-refractivity contribution is 7.86. The lowest BCUT2D eigenvalue weighted by atomic mass is 10.1. The molecule has 3 rings (SSSR count). The average molecular weight is 412 g/mol. The Labute approximate surface area is 156 Å². The SMILES string of the molecule is O=S(=O)(O)c1c(O)ccc2cc(N=Nc3ccc(C(F)(F)F)cc3O)ccc12. The Balaban J connectivity index is 1.99. The molecule has 0 amide bonds. The first-order chi connectivity index (χ1) is 13.0. The summed E-state index contributed by atoms with van der Waals surface area (Å²) in [5.41, 5.74) is -1.04. The summed E-state index contributed by atoms with van der Waals surface area (Å²) in [6.07, 6.45) is -4.61. The first kappa shape index (κ1) is 19.6. The van der Waals surface area contributed by atoms with Gasteiger partial charge in [-0.15, -0.1) is 5.11 Å². The highest BCUT2D eigenvalue weighted by Gasteiger charge is 2.31. The van der Waals surface area contributed by atoms with E-state index < -0.39 is 38.3 Å². The fourth-order valence-corrected chi connectivity index (χ4v) is 3.30. The number of hydrogen-bond donors (Lipinski definition) is 3. The highest BCUT2D eigenvalue weighted by Crippen LogP contribution is 2.37. The maximum absolute atomic E-state index is 12.6. The van der Waals surface area contributed by atoms with E-state index in [0.717, 1.165) is 18.2 Å². The van der Waals surface area contributed by atoms with Crippen LogP contribution in [0.15, 0.2) is 63.7 Å². The van der Waals surface area contributed by atoms with Gasteiger partial charge in [-0.05, 0) is 41.8 Å². The molecule has 0 saturated heterocycles. The van der Waals surface area contributed by atoms with E-state index in [9.17, 15) is 36.4 Å². The molecule has 0 aliphatic heterocycles.